The van der Waals surface area contributed by atoms with E-state index in [1.54, 1.807) is 0 Å². The summed E-state index contributed by atoms with van der Waals surface area (Å²) in [5, 5.41) is 11.9. The molecule has 0 atom stereocenters. The molecule has 0 bridgehead atoms. The van der Waals surface area contributed by atoms with Gasteiger partial charge in [-0.3, -0.25) is 0 Å². The topological polar surface area (TPSA) is 97.5 Å². The van der Waals surface area contributed by atoms with Crippen molar-refractivity contribution in [3.05, 3.63) is 17.8 Å². The molecule has 0 amide bonds. The molecule has 6 heteroatoms. The van der Waals surface area contributed by atoms with E-state index in [0.29, 0.717) is 19.0 Å². The Balaban J connectivity index is 2.38. The maximum Gasteiger partial charge on any atom is 0.337 e. The summed E-state index contributed by atoms with van der Waals surface area (Å²) in [5.74, 6) is -0.571. The van der Waals surface area contributed by atoms with Crippen molar-refractivity contribution in [2.75, 3.05) is 30.8 Å². The second-order valence-corrected chi connectivity index (χ2v) is 3.85. The Kier molecular flexibility index (Phi) is 5.93. The number of rotatable bonds is 8. The largest absolute Gasteiger partial charge is 0.478 e. The molecule has 0 fully saturated rings. The molecule has 1 aromatic heterocycles. The molecule has 1 rings (SSSR count). The third-order valence-electron chi connectivity index (χ3n) is 2.36. The van der Waals surface area contributed by atoms with Gasteiger partial charge in [0.15, 0.2) is 0 Å². The van der Waals surface area contributed by atoms with Gasteiger partial charge in [0.2, 0.25) is 0 Å². The Hall–Kier alpha value is -1.82. The lowest BCUT2D eigenvalue weighted by Gasteiger charge is -2.08. The first-order chi connectivity index (χ1) is 8.65. The standard InChI is InChI=1S/C12H19N3O3/c1-2-3-5-18-6-4-14-11-7-9(12(16)17)10(13)8-15-11/h7-8H,2-6,13H2,1H3,(H,14,15)(H,16,17). The number of aromatic carboxylic acids is 1. The van der Waals surface area contributed by atoms with Crippen molar-refractivity contribution >= 4 is 17.5 Å². The van der Waals surface area contributed by atoms with Gasteiger partial charge in [-0.15, -0.1) is 0 Å². The molecule has 1 aromatic rings. The lowest BCUT2D eigenvalue weighted by atomic mass is 10.2. The number of anilines is 2. The number of carboxylic acid groups (broad SMARTS) is 1. The fourth-order valence-corrected chi connectivity index (χ4v) is 1.35. The predicted molar refractivity (Wildman–Crippen MR) is 69.8 cm³/mol. The molecule has 1 heterocycles. The smallest absolute Gasteiger partial charge is 0.337 e. The summed E-state index contributed by atoms with van der Waals surface area (Å²) >= 11 is 0. The molecule has 0 aliphatic heterocycles. The fraction of sp³-hybridized carbons (Fsp3) is 0.500. The number of nitrogens with zero attached hydrogens (tertiary/aromatic N) is 1. The number of unbranched alkanes of at least 4 members (excludes halogenated alkanes) is 1. The molecule has 100 valence electrons. The maximum absolute atomic E-state index is 10.9. The molecule has 18 heavy (non-hydrogen) atoms. The molecule has 0 spiro atoms. The Morgan fingerprint density at radius 2 is 2.33 bits per heavy atom. The van der Waals surface area contributed by atoms with E-state index in [1.807, 2.05) is 0 Å². The molecule has 0 aliphatic rings. The highest BCUT2D eigenvalue weighted by molar-refractivity contribution is 5.94. The summed E-state index contributed by atoms with van der Waals surface area (Å²) < 4.78 is 5.37. The lowest BCUT2D eigenvalue weighted by Crippen LogP contribution is -2.12. The number of nitrogens with two attached hydrogens (primary N) is 1. The average molecular weight is 253 g/mol. The van der Waals surface area contributed by atoms with Gasteiger partial charge in [0.05, 0.1) is 24.1 Å². The van der Waals surface area contributed by atoms with Crippen molar-refractivity contribution in [1.29, 1.82) is 0 Å². The molecular formula is C12H19N3O3. The van der Waals surface area contributed by atoms with E-state index in [1.165, 1.54) is 12.3 Å². The molecule has 6 nitrogen and oxygen atoms in total. The summed E-state index contributed by atoms with van der Waals surface area (Å²) in [6.07, 6.45) is 3.49. The highest BCUT2D eigenvalue weighted by atomic mass is 16.5. The summed E-state index contributed by atoms with van der Waals surface area (Å²) in [7, 11) is 0. The molecule has 4 N–H and O–H groups in total. The van der Waals surface area contributed by atoms with Crippen LogP contribution in [0.15, 0.2) is 12.3 Å². The predicted octanol–water partition coefficient (Wildman–Crippen LogP) is 1.59. The molecule has 0 saturated carbocycles. The quantitative estimate of drug-likeness (QED) is 0.609. The van der Waals surface area contributed by atoms with Gasteiger partial charge < -0.3 is 20.9 Å². The number of carbonyl (C=O) groups is 1. The van der Waals surface area contributed by atoms with Crippen LogP contribution in [0.2, 0.25) is 0 Å². The molecule has 0 aromatic carbocycles. The van der Waals surface area contributed by atoms with Crippen LogP contribution in [0.5, 0.6) is 0 Å². The van der Waals surface area contributed by atoms with Crippen molar-refractivity contribution in [1.82, 2.24) is 4.98 Å². The Morgan fingerprint density at radius 1 is 1.56 bits per heavy atom. The molecule has 0 unspecified atom stereocenters. The van der Waals surface area contributed by atoms with Crippen LogP contribution < -0.4 is 11.1 Å². The Bertz CT molecular complexity index is 396. The summed E-state index contributed by atoms with van der Waals surface area (Å²) in [6.45, 7) is 4.00. The average Bonchev–Trinajstić information content (AvgIpc) is 2.35. The van der Waals surface area contributed by atoms with E-state index < -0.39 is 5.97 Å². The van der Waals surface area contributed by atoms with Gasteiger partial charge in [0, 0.05) is 13.2 Å². The third-order valence-corrected chi connectivity index (χ3v) is 2.36. The van der Waals surface area contributed by atoms with Gasteiger partial charge in [-0.05, 0) is 12.5 Å². The number of aromatic nitrogens is 1. The van der Waals surface area contributed by atoms with Gasteiger partial charge in [-0.2, -0.15) is 0 Å². The minimum atomic E-state index is -1.06. The minimum absolute atomic E-state index is 0.0550. The number of carboxylic acids is 1. The van der Waals surface area contributed by atoms with Gasteiger partial charge in [0.1, 0.15) is 5.82 Å². The Labute approximate surface area is 106 Å². The van der Waals surface area contributed by atoms with Crippen LogP contribution in [-0.4, -0.2) is 35.8 Å². The van der Waals surface area contributed by atoms with Crippen molar-refractivity contribution in [3.63, 3.8) is 0 Å². The van der Waals surface area contributed by atoms with E-state index in [-0.39, 0.29) is 11.3 Å². The van der Waals surface area contributed by atoms with Gasteiger partial charge >= 0.3 is 5.97 Å². The maximum atomic E-state index is 10.9. The van der Waals surface area contributed by atoms with Crippen molar-refractivity contribution in [2.24, 2.45) is 0 Å². The summed E-state index contributed by atoms with van der Waals surface area (Å²) in [6, 6.07) is 1.42. The van der Waals surface area contributed by atoms with Crippen LogP contribution in [0.4, 0.5) is 11.5 Å². The normalized spacial score (nSPS) is 10.3. The van der Waals surface area contributed by atoms with E-state index >= 15 is 0 Å². The zero-order valence-corrected chi connectivity index (χ0v) is 10.5. The molecule has 0 aliphatic carbocycles. The van der Waals surface area contributed by atoms with Gasteiger partial charge in [0.25, 0.3) is 0 Å². The number of pyridine rings is 1. The van der Waals surface area contributed by atoms with E-state index in [4.69, 9.17) is 15.6 Å². The van der Waals surface area contributed by atoms with Crippen molar-refractivity contribution < 1.29 is 14.6 Å². The fourth-order valence-electron chi connectivity index (χ4n) is 1.35. The SMILES string of the molecule is CCCCOCCNc1cc(C(=O)O)c(N)cn1. The van der Waals surface area contributed by atoms with Crippen LogP contribution >= 0.6 is 0 Å². The minimum Gasteiger partial charge on any atom is -0.478 e. The highest BCUT2D eigenvalue weighted by Crippen LogP contribution is 2.14. The third kappa shape index (κ3) is 4.58. The van der Waals surface area contributed by atoms with Gasteiger partial charge in [-0.25, -0.2) is 9.78 Å². The second kappa shape index (κ2) is 7.50. The molecule has 0 saturated heterocycles. The van der Waals surface area contributed by atoms with Gasteiger partial charge in [-0.1, -0.05) is 13.3 Å². The first kappa shape index (κ1) is 14.2. The van der Waals surface area contributed by atoms with Crippen molar-refractivity contribution in [2.45, 2.75) is 19.8 Å². The number of ether oxygens (including phenoxy) is 1. The number of hydrogen-bond donors (Lipinski definition) is 3. The molecule has 0 radical (unpaired) electrons. The lowest BCUT2D eigenvalue weighted by molar-refractivity contribution is 0.0698. The van der Waals surface area contributed by atoms with Crippen LogP contribution in [0.3, 0.4) is 0 Å². The van der Waals surface area contributed by atoms with E-state index in [9.17, 15) is 4.79 Å². The molecular weight excluding hydrogens is 234 g/mol. The summed E-state index contributed by atoms with van der Waals surface area (Å²) in [4.78, 5) is 14.9. The van der Waals surface area contributed by atoms with Crippen molar-refractivity contribution in [3.8, 4) is 0 Å². The second-order valence-electron chi connectivity index (χ2n) is 3.85. The van der Waals surface area contributed by atoms with Crippen LogP contribution in [0, 0.1) is 0 Å². The monoisotopic (exact) mass is 253 g/mol. The van der Waals surface area contributed by atoms with E-state index in [2.05, 4.69) is 17.2 Å². The first-order valence-corrected chi connectivity index (χ1v) is 5.95. The zero-order valence-electron chi connectivity index (χ0n) is 10.5. The summed E-state index contributed by atoms with van der Waals surface area (Å²) in [5.41, 5.74) is 5.72. The zero-order chi connectivity index (χ0) is 13.4. The number of nitrogen functional groups attached to an aromatic ring is 1. The van der Waals surface area contributed by atoms with E-state index in [0.717, 1.165) is 19.4 Å². The van der Waals surface area contributed by atoms with Crippen LogP contribution in [0.1, 0.15) is 30.1 Å². The van der Waals surface area contributed by atoms with Crippen LogP contribution in [0.25, 0.3) is 0 Å². The number of nitrogens with one attached hydrogen (secondary N) is 1. The van der Waals surface area contributed by atoms with Crippen LogP contribution in [-0.2, 0) is 4.74 Å². The Morgan fingerprint density at radius 3 is 3.00 bits per heavy atom. The highest BCUT2D eigenvalue weighted by Gasteiger charge is 2.09. The first-order valence-electron chi connectivity index (χ1n) is 5.95. The number of hydrogen-bond acceptors (Lipinski definition) is 5.